The molecule has 3 unspecified atom stereocenters. The van der Waals surface area contributed by atoms with Crippen LogP contribution in [0.2, 0.25) is 0 Å². The summed E-state index contributed by atoms with van der Waals surface area (Å²) in [5.74, 6) is 0.513. The summed E-state index contributed by atoms with van der Waals surface area (Å²) in [6, 6.07) is 0.118. The van der Waals surface area contributed by atoms with Crippen LogP contribution in [0.15, 0.2) is 0 Å². The van der Waals surface area contributed by atoms with Crippen LogP contribution in [0.1, 0.15) is 45.4 Å². The number of nitrogens with two attached hydrogens (primary N) is 1. The lowest BCUT2D eigenvalue weighted by atomic mass is 9.79. The SMILES string of the molecule is CC1CC(N)CC(C(=O)NCC(=O)N2CCCCC2)C1. The average molecular weight is 281 g/mol. The van der Waals surface area contributed by atoms with Gasteiger partial charge in [-0.1, -0.05) is 6.92 Å². The molecule has 0 spiro atoms. The molecular weight excluding hydrogens is 254 g/mol. The van der Waals surface area contributed by atoms with E-state index in [1.807, 2.05) is 4.90 Å². The third-order valence-electron chi connectivity index (χ3n) is 4.47. The zero-order valence-corrected chi connectivity index (χ0v) is 12.4. The summed E-state index contributed by atoms with van der Waals surface area (Å²) in [5, 5.41) is 2.80. The summed E-state index contributed by atoms with van der Waals surface area (Å²) in [6.45, 7) is 3.94. The molecule has 5 nitrogen and oxygen atoms in total. The van der Waals surface area contributed by atoms with Crippen molar-refractivity contribution in [2.45, 2.75) is 51.5 Å². The lowest BCUT2D eigenvalue weighted by molar-refractivity contribution is -0.135. The summed E-state index contributed by atoms with van der Waals surface area (Å²) in [7, 11) is 0. The van der Waals surface area contributed by atoms with Gasteiger partial charge in [0.1, 0.15) is 0 Å². The molecule has 1 aliphatic carbocycles. The Hall–Kier alpha value is -1.10. The first-order chi connectivity index (χ1) is 9.56. The molecule has 2 rings (SSSR count). The zero-order valence-electron chi connectivity index (χ0n) is 12.4. The summed E-state index contributed by atoms with van der Waals surface area (Å²) >= 11 is 0. The number of amides is 2. The lowest BCUT2D eigenvalue weighted by Crippen LogP contribution is -2.45. The molecular formula is C15H27N3O2. The van der Waals surface area contributed by atoms with E-state index in [1.165, 1.54) is 6.42 Å². The van der Waals surface area contributed by atoms with Crippen LogP contribution in [0.5, 0.6) is 0 Å². The molecule has 5 heteroatoms. The van der Waals surface area contributed by atoms with Gasteiger partial charge in [-0.25, -0.2) is 0 Å². The molecule has 2 fully saturated rings. The minimum atomic E-state index is -0.0251. The van der Waals surface area contributed by atoms with Crippen molar-refractivity contribution in [1.29, 1.82) is 0 Å². The third-order valence-corrected chi connectivity index (χ3v) is 4.47. The first kappa shape index (κ1) is 15.3. The van der Waals surface area contributed by atoms with E-state index < -0.39 is 0 Å². The Morgan fingerprint density at radius 2 is 1.85 bits per heavy atom. The van der Waals surface area contributed by atoms with E-state index in [0.29, 0.717) is 5.92 Å². The minimum Gasteiger partial charge on any atom is -0.347 e. The Bertz CT molecular complexity index is 343. The Kier molecular flexibility index (Phi) is 5.40. The van der Waals surface area contributed by atoms with Crippen molar-refractivity contribution in [3.8, 4) is 0 Å². The summed E-state index contributed by atoms with van der Waals surface area (Å²) in [6.07, 6.45) is 5.99. The summed E-state index contributed by atoms with van der Waals surface area (Å²) in [5.41, 5.74) is 5.97. The number of carbonyl (C=O) groups is 2. The van der Waals surface area contributed by atoms with Crippen LogP contribution in [-0.4, -0.2) is 42.4 Å². The summed E-state index contributed by atoms with van der Waals surface area (Å²) < 4.78 is 0. The quantitative estimate of drug-likeness (QED) is 0.806. The van der Waals surface area contributed by atoms with Crippen molar-refractivity contribution in [3.05, 3.63) is 0 Å². The number of hydrogen-bond donors (Lipinski definition) is 2. The number of likely N-dealkylation sites (tertiary alicyclic amines) is 1. The van der Waals surface area contributed by atoms with Crippen LogP contribution < -0.4 is 11.1 Å². The number of rotatable bonds is 3. The van der Waals surface area contributed by atoms with Gasteiger partial charge in [0.15, 0.2) is 0 Å². The maximum Gasteiger partial charge on any atom is 0.241 e. The van der Waals surface area contributed by atoms with Crippen molar-refractivity contribution >= 4 is 11.8 Å². The van der Waals surface area contributed by atoms with E-state index in [4.69, 9.17) is 5.73 Å². The van der Waals surface area contributed by atoms with Crippen LogP contribution in [-0.2, 0) is 9.59 Å². The Morgan fingerprint density at radius 3 is 2.50 bits per heavy atom. The number of piperidine rings is 1. The second kappa shape index (κ2) is 7.07. The standard InChI is InChI=1S/C15H27N3O2/c1-11-7-12(9-13(16)8-11)15(20)17-10-14(19)18-5-3-2-4-6-18/h11-13H,2-10,16H2,1H3,(H,17,20). The highest BCUT2D eigenvalue weighted by Gasteiger charge is 2.29. The lowest BCUT2D eigenvalue weighted by Gasteiger charge is -2.31. The average Bonchev–Trinajstić information content (AvgIpc) is 2.44. The molecule has 3 atom stereocenters. The zero-order chi connectivity index (χ0) is 14.5. The van der Waals surface area contributed by atoms with Gasteiger partial charge in [-0.3, -0.25) is 9.59 Å². The van der Waals surface area contributed by atoms with E-state index in [1.54, 1.807) is 0 Å². The van der Waals surface area contributed by atoms with E-state index in [9.17, 15) is 9.59 Å². The largest absolute Gasteiger partial charge is 0.347 e. The van der Waals surface area contributed by atoms with E-state index >= 15 is 0 Å². The predicted octanol–water partition coefficient (Wildman–Crippen LogP) is 0.879. The molecule has 0 radical (unpaired) electrons. The van der Waals surface area contributed by atoms with Gasteiger partial charge in [-0.2, -0.15) is 0 Å². The van der Waals surface area contributed by atoms with E-state index in [-0.39, 0.29) is 30.3 Å². The van der Waals surface area contributed by atoms with Gasteiger partial charge in [0.25, 0.3) is 0 Å². The molecule has 0 aromatic rings. The number of nitrogens with zero attached hydrogens (tertiary/aromatic N) is 1. The van der Waals surface area contributed by atoms with Gasteiger partial charge in [-0.05, 0) is 44.4 Å². The molecule has 2 amide bonds. The fourth-order valence-electron chi connectivity index (χ4n) is 3.43. The second-order valence-electron chi connectivity index (χ2n) is 6.43. The molecule has 1 aliphatic heterocycles. The van der Waals surface area contributed by atoms with Gasteiger partial charge in [0, 0.05) is 25.0 Å². The highest BCUT2D eigenvalue weighted by molar-refractivity contribution is 5.86. The fourth-order valence-corrected chi connectivity index (χ4v) is 3.43. The van der Waals surface area contributed by atoms with Crippen LogP contribution in [0.3, 0.4) is 0 Å². The number of hydrogen-bond acceptors (Lipinski definition) is 3. The highest BCUT2D eigenvalue weighted by Crippen LogP contribution is 2.28. The maximum atomic E-state index is 12.1. The minimum absolute atomic E-state index is 0.00244. The normalized spacial score (nSPS) is 30.9. The highest BCUT2D eigenvalue weighted by atomic mass is 16.2. The van der Waals surface area contributed by atoms with Crippen molar-refractivity contribution in [2.24, 2.45) is 17.6 Å². The monoisotopic (exact) mass is 281 g/mol. The molecule has 1 heterocycles. The van der Waals surface area contributed by atoms with Crippen LogP contribution in [0.4, 0.5) is 0 Å². The first-order valence-electron chi connectivity index (χ1n) is 7.87. The van der Waals surface area contributed by atoms with Gasteiger partial charge < -0.3 is 16.0 Å². The van der Waals surface area contributed by atoms with Crippen LogP contribution in [0.25, 0.3) is 0 Å². The van der Waals surface area contributed by atoms with Gasteiger partial charge in [-0.15, -0.1) is 0 Å². The Morgan fingerprint density at radius 1 is 1.15 bits per heavy atom. The molecule has 1 saturated heterocycles. The van der Waals surface area contributed by atoms with Crippen molar-refractivity contribution < 1.29 is 9.59 Å². The molecule has 3 N–H and O–H groups in total. The van der Waals surface area contributed by atoms with Crippen molar-refractivity contribution in [3.63, 3.8) is 0 Å². The predicted molar refractivity (Wildman–Crippen MR) is 77.9 cm³/mol. The third kappa shape index (κ3) is 4.20. The molecule has 2 aliphatic rings. The first-order valence-corrected chi connectivity index (χ1v) is 7.87. The van der Waals surface area contributed by atoms with Crippen LogP contribution >= 0.6 is 0 Å². The maximum absolute atomic E-state index is 12.1. The van der Waals surface area contributed by atoms with Gasteiger partial charge >= 0.3 is 0 Å². The fraction of sp³-hybridized carbons (Fsp3) is 0.867. The van der Waals surface area contributed by atoms with E-state index in [2.05, 4.69) is 12.2 Å². The molecule has 0 aromatic carbocycles. The van der Waals surface area contributed by atoms with Crippen molar-refractivity contribution in [1.82, 2.24) is 10.2 Å². The van der Waals surface area contributed by atoms with Crippen molar-refractivity contribution in [2.75, 3.05) is 19.6 Å². The van der Waals surface area contributed by atoms with Gasteiger partial charge in [0.2, 0.25) is 11.8 Å². The molecule has 114 valence electrons. The molecule has 1 saturated carbocycles. The molecule has 0 bridgehead atoms. The Labute approximate surface area is 121 Å². The second-order valence-corrected chi connectivity index (χ2v) is 6.43. The molecule has 0 aromatic heterocycles. The molecule has 20 heavy (non-hydrogen) atoms. The summed E-state index contributed by atoms with van der Waals surface area (Å²) in [4.78, 5) is 26.0. The van der Waals surface area contributed by atoms with E-state index in [0.717, 1.165) is 45.2 Å². The topological polar surface area (TPSA) is 75.4 Å². The van der Waals surface area contributed by atoms with Gasteiger partial charge in [0.05, 0.1) is 6.54 Å². The van der Waals surface area contributed by atoms with Crippen LogP contribution in [0, 0.1) is 11.8 Å². The smallest absolute Gasteiger partial charge is 0.241 e. The number of nitrogens with one attached hydrogen (secondary N) is 1. The number of carbonyl (C=O) groups excluding carboxylic acids is 2. The Balaban J connectivity index is 1.75.